The largest absolute Gasteiger partial charge is 0.359 e. The Balaban J connectivity index is 4.59. The van der Waals surface area contributed by atoms with Gasteiger partial charge in [-0.15, -0.1) is 0 Å². The molecule has 0 unspecified atom stereocenters. The topological polar surface area (TPSA) is 52.0 Å². The Hall–Kier alpha value is -3.17. The number of rotatable bonds is 0. The lowest BCUT2D eigenvalue weighted by Crippen LogP contribution is -1.73. The van der Waals surface area contributed by atoms with Gasteiger partial charge in [0.1, 0.15) is 5.73 Å². The Kier molecular flexibility index (Phi) is 8.54. The molecule has 0 heterocycles. The maximum absolute atomic E-state index is 4.87. The molecule has 0 fully saturated rings. The molecule has 0 atom stereocenters. The summed E-state index contributed by atoms with van der Waals surface area (Å²) in [5.74, 6) is 12.3. The predicted octanol–water partition coefficient (Wildman–Crippen LogP) is -0.0361. The summed E-state index contributed by atoms with van der Waals surface area (Å²) in [6.45, 7) is 0. The fourth-order valence-corrected chi connectivity index (χ4v) is 0.378. The third kappa shape index (κ3) is 10.8. The van der Waals surface area contributed by atoms with Crippen LogP contribution >= 0.6 is 0 Å². The molecule has 2 heteroatoms. The molecule has 0 spiro atoms. The molecule has 0 rings (SSSR count). The maximum Gasteiger partial charge on any atom is 0.254 e. The van der Waals surface area contributed by atoms with Crippen molar-refractivity contribution in [3.8, 4) is 35.6 Å². The Morgan fingerprint density at radius 2 is 1.73 bits per heavy atom. The van der Waals surface area contributed by atoms with Crippen molar-refractivity contribution in [2.45, 2.75) is 0 Å². The highest BCUT2D eigenvalue weighted by Gasteiger charge is 1.57. The van der Waals surface area contributed by atoms with Crippen molar-refractivity contribution in [3.05, 3.63) is 40.9 Å². The predicted molar refractivity (Wildman–Crippen MR) is 57.1 cm³/mol. The van der Waals surface area contributed by atoms with Gasteiger partial charge in [-0.2, -0.15) is 0 Å². The third-order valence-electron chi connectivity index (χ3n) is 0.808. The van der Waals surface area contributed by atoms with E-state index < -0.39 is 0 Å². The van der Waals surface area contributed by atoms with Gasteiger partial charge in [0.25, 0.3) is 11.9 Å². The van der Waals surface area contributed by atoms with Crippen LogP contribution in [0.2, 0.25) is 0 Å². The first-order valence-corrected chi connectivity index (χ1v) is 3.65. The van der Waals surface area contributed by atoms with Gasteiger partial charge in [0.2, 0.25) is 5.73 Å². The molecule has 66 valence electrons. The van der Waals surface area contributed by atoms with Crippen LogP contribution in [0, 0.1) is 41.8 Å². The molecule has 0 aromatic heterocycles. The second-order valence-corrected chi connectivity index (χ2v) is 1.72. The number of nitrogens with two attached hydrogens (primary N) is 2. The smallest absolute Gasteiger partial charge is 0.254 e. The van der Waals surface area contributed by atoms with E-state index in [1.54, 1.807) is 0 Å². The lowest BCUT2D eigenvalue weighted by Gasteiger charge is -1.55. The first kappa shape index (κ1) is 11.8. The summed E-state index contributed by atoms with van der Waals surface area (Å²) in [7, 11) is 0. The lowest BCUT2D eigenvalue weighted by molar-refractivity contribution is 1.55. The molecule has 2 nitrogen and oxygen atoms in total. The van der Waals surface area contributed by atoms with E-state index in [0.29, 0.717) is 0 Å². The highest BCUT2D eigenvalue weighted by molar-refractivity contribution is 5.37. The van der Waals surface area contributed by atoms with Gasteiger partial charge in [0, 0.05) is 29.7 Å². The van der Waals surface area contributed by atoms with Crippen LogP contribution < -0.4 is 11.5 Å². The molecule has 0 saturated carbocycles. The van der Waals surface area contributed by atoms with Crippen LogP contribution in [-0.4, -0.2) is 0 Å². The summed E-state index contributed by atoms with van der Waals surface area (Å²) in [6.07, 6.45) is 3.55. The summed E-state index contributed by atoms with van der Waals surface area (Å²) in [6, 6.07) is 2.13. The first-order valence-electron chi connectivity index (χ1n) is 3.65. The molecule has 0 saturated heterocycles. The van der Waals surface area contributed by atoms with E-state index in [-0.39, 0.29) is 0 Å². The molecule has 15 heavy (non-hydrogen) atoms. The van der Waals surface area contributed by atoms with Crippen molar-refractivity contribution >= 4 is 0 Å². The molecule has 0 aliphatic rings. The van der Waals surface area contributed by atoms with Gasteiger partial charge in [-0.05, 0) is 17.6 Å². The van der Waals surface area contributed by atoms with Crippen molar-refractivity contribution in [2.75, 3.05) is 0 Å². The van der Waals surface area contributed by atoms with Crippen LogP contribution in [0.1, 0.15) is 0 Å². The molecule has 0 aliphatic carbocycles. The number of hydrogen-bond donors (Lipinski definition) is 2. The van der Waals surface area contributed by atoms with E-state index in [1.165, 1.54) is 6.08 Å². The van der Waals surface area contributed by atoms with Gasteiger partial charge in [-0.1, -0.05) is 5.92 Å². The minimum atomic E-state index is 1.43. The minimum Gasteiger partial charge on any atom is -0.359 e. The average molecular weight is 189 g/mol. The quantitative estimate of drug-likeness (QED) is 0.243. The molecule has 0 aromatic carbocycles. The Labute approximate surface area is 88.7 Å². The second-order valence-electron chi connectivity index (χ2n) is 1.72. The van der Waals surface area contributed by atoms with Gasteiger partial charge >= 0.3 is 0 Å². The molecular weight excluding hydrogens is 184 g/mol. The lowest BCUT2D eigenvalue weighted by atomic mass is 10.5. The summed E-state index contributed by atoms with van der Waals surface area (Å²) in [5.41, 5.74) is 22.0. The van der Waals surface area contributed by atoms with Crippen LogP contribution in [0.25, 0.3) is 0 Å². The van der Waals surface area contributed by atoms with E-state index in [4.69, 9.17) is 11.5 Å². The molecule has 0 aromatic rings. The molecule has 0 aliphatic heterocycles. The molecule has 0 radical (unpaired) electrons. The number of hydrogen-bond acceptors (Lipinski definition) is 2. The fraction of sp³-hybridized carbons (Fsp3) is 0. The van der Waals surface area contributed by atoms with Gasteiger partial charge in [-0.3, -0.25) is 5.73 Å². The highest BCUT2D eigenvalue weighted by Crippen LogP contribution is 1.60. The molecule has 4 N–H and O–H groups in total. The Bertz CT molecular complexity index is 587. The van der Waals surface area contributed by atoms with Crippen LogP contribution in [0.3, 0.4) is 0 Å². The van der Waals surface area contributed by atoms with Crippen LogP contribution in [-0.2, 0) is 0 Å². The van der Waals surface area contributed by atoms with Crippen molar-refractivity contribution in [2.24, 2.45) is 11.5 Å². The van der Waals surface area contributed by atoms with Crippen LogP contribution in [0.15, 0.2) is 34.7 Å². The highest BCUT2D eigenvalue weighted by atomic mass is 14.5. The van der Waals surface area contributed by atoms with Crippen LogP contribution in [0.4, 0.5) is 0 Å². The summed E-state index contributed by atoms with van der Waals surface area (Å²) >= 11 is 0. The number of allylic oxidation sites excluding steroid dienone is 1. The van der Waals surface area contributed by atoms with E-state index >= 15 is 0 Å². The maximum atomic E-state index is 4.87. The monoisotopic (exact) mass is 189 g/mol. The SMILES string of the molecule is NC#CC#CC#CC=C=C=C=C=C=[C+]N. The zero-order chi connectivity index (χ0) is 11.2. The van der Waals surface area contributed by atoms with Gasteiger partial charge in [0.15, 0.2) is 0 Å². The van der Waals surface area contributed by atoms with Crippen molar-refractivity contribution < 1.29 is 0 Å². The fourth-order valence-electron chi connectivity index (χ4n) is 0.378. The standard InChI is InChI=1S/C13H5N2/c14-12-10-8-6-4-2-1-3-5-7-9-11-13-15/h1H,14-15H2/q+1. The second kappa shape index (κ2) is 10.8. The molecular formula is C13H5N2+. The van der Waals surface area contributed by atoms with Crippen molar-refractivity contribution in [3.63, 3.8) is 0 Å². The normalized spacial score (nSPS) is 4.00. The summed E-state index contributed by atoms with van der Waals surface area (Å²) in [5, 5.41) is 0. The molecule has 0 bridgehead atoms. The Morgan fingerprint density at radius 3 is 2.47 bits per heavy atom. The zero-order valence-electron chi connectivity index (χ0n) is 7.73. The zero-order valence-corrected chi connectivity index (χ0v) is 7.73. The molecule has 0 amide bonds. The minimum absolute atomic E-state index is 1.43. The van der Waals surface area contributed by atoms with Gasteiger partial charge < -0.3 is 5.73 Å². The summed E-state index contributed by atoms with van der Waals surface area (Å²) in [4.78, 5) is 0. The summed E-state index contributed by atoms with van der Waals surface area (Å²) < 4.78 is 0. The Morgan fingerprint density at radius 1 is 0.933 bits per heavy atom. The van der Waals surface area contributed by atoms with E-state index in [2.05, 4.69) is 70.5 Å². The third-order valence-corrected chi connectivity index (χ3v) is 0.808. The average Bonchev–Trinajstić information content (AvgIpc) is 2.26. The van der Waals surface area contributed by atoms with Crippen molar-refractivity contribution in [1.29, 1.82) is 0 Å². The van der Waals surface area contributed by atoms with Crippen molar-refractivity contribution in [1.82, 2.24) is 0 Å². The van der Waals surface area contributed by atoms with E-state index in [0.717, 1.165) is 0 Å². The van der Waals surface area contributed by atoms with E-state index in [1.807, 2.05) is 0 Å². The van der Waals surface area contributed by atoms with E-state index in [9.17, 15) is 0 Å². The van der Waals surface area contributed by atoms with Gasteiger partial charge in [-0.25, -0.2) is 0 Å². The van der Waals surface area contributed by atoms with Gasteiger partial charge in [0.05, 0.1) is 0 Å². The first-order chi connectivity index (χ1) is 7.41. The van der Waals surface area contributed by atoms with Crippen LogP contribution in [0.5, 0.6) is 0 Å².